The minimum absolute atomic E-state index is 0.0101. The normalized spacial score (nSPS) is 30.0. The second kappa shape index (κ2) is 6.46. The first-order valence-corrected chi connectivity index (χ1v) is 9.01. The molecule has 1 aromatic rings. The standard InChI is InChI=1S/C16H16F4O3S/c17-13-8-9(4-5-14(13)23-16(18,19)20)15(21)10-6-11-2-1-3-12(7-10)24(11)22/h4-5,8,10-12H,1-3,6-7H2. The highest BCUT2D eigenvalue weighted by Gasteiger charge is 2.40. The first-order chi connectivity index (χ1) is 11.2. The number of ether oxygens (including phenoxy) is 1. The number of ketones is 1. The third kappa shape index (κ3) is 3.63. The lowest BCUT2D eigenvalue weighted by molar-refractivity contribution is -0.275. The van der Waals surface area contributed by atoms with Crippen LogP contribution in [0.1, 0.15) is 42.5 Å². The fourth-order valence-electron chi connectivity index (χ4n) is 3.55. The molecule has 1 aromatic carbocycles. The van der Waals surface area contributed by atoms with Gasteiger partial charge in [-0.3, -0.25) is 9.00 Å². The van der Waals surface area contributed by atoms with Crippen molar-refractivity contribution in [2.75, 3.05) is 0 Å². The van der Waals surface area contributed by atoms with E-state index in [-0.39, 0.29) is 27.8 Å². The summed E-state index contributed by atoms with van der Waals surface area (Å²) < 4.78 is 66.0. The molecule has 0 N–H and O–H groups in total. The van der Waals surface area contributed by atoms with Gasteiger partial charge in [0.2, 0.25) is 0 Å². The average molecular weight is 364 g/mol. The van der Waals surface area contributed by atoms with Crippen LogP contribution in [-0.2, 0) is 10.8 Å². The predicted molar refractivity (Wildman–Crippen MR) is 79.7 cm³/mol. The summed E-state index contributed by atoms with van der Waals surface area (Å²) >= 11 is 0. The Balaban J connectivity index is 1.76. The summed E-state index contributed by atoms with van der Waals surface area (Å²) in [4.78, 5) is 12.6. The number of benzene rings is 1. The zero-order valence-corrected chi connectivity index (χ0v) is 13.5. The Kier molecular flexibility index (Phi) is 4.68. The fraction of sp³-hybridized carbons (Fsp3) is 0.562. The number of hydrogen-bond acceptors (Lipinski definition) is 3. The van der Waals surface area contributed by atoms with Crippen molar-refractivity contribution in [2.45, 2.75) is 49.0 Å². The van der Waals surface area contributed by atoms with Crippen LogP contribution in [0.2, 0.25) is 0 Å². The maximum Gasteiger partial charge on any atom is 0.573 e. The number of alkyl halides is 3. The van der Waals surface area contributed by atoms with Crippen LogP contribution < -0.4 is 4.74 Å². The van der Waals surface area contributed by atoms with Crippen molar-refractivity contribution in [2.24, 2.45) is 5.92 Å². The van der Waals surface area contributed by atoms with Crippen molar-refractivity contribution in [3.05, 3.63) is 29.6 Å². The molecule has 2 unspecified atom stereocenters. The summed E-state index contributed by atoms with van der Waals surface area (Å²) in [6, 6.07) is 2.75. The second-order valence-electron chi connectivity index (χ2n) is 6.23. The van der Waals surface area contributed by atoms with Crippen LogP contribution >= 0.6 is 0 Å². The van der Waals surface area contributed by atoms with Gasteiger partial charge in [0.05, 0.1) is 0 Å². The molecule has 132 valence electrons. The van der Waals surface area contributed by atoms with Crippen molar-refractivity contribution < 1.29 is 31.3 Å². The van der Waals surface area contributed by atoms with E-state index in [1.165, 1.54) is 0 Å². The molecule has 0 aliphatic carbocycles. The minimum atomic E-state index is -4.99. The molecule has 0 radical (unpaired) electrons. The quantitative estimate of drug-likeness (QED) is 0.602. The van der Waals surface area contributed by atoms with Gasteiger partial charge in [0.1, 0.15) is 0 Å². The topological polar surface area (TPSA) is 43.4 Å². The Labute approximate surface area is 138 Å². The molecule has 2 aliphatic rings. The number of carbonyl (C=O) groups is 1. The van der Waals surface area contributed by atoms with Crippen molar-refractivity contribution in [1.82, 2.24) is 0 Å². The summed E-state index contributed by atoms with van der Waals surface area (Å²) in [5.41, 5.74) is 0.0257. The van der Waals surface area contributed by atoms with Crippen molar-refractivity contribution >= 4 is 16.6 Å². The van der Waals surface area contributed by atoms with Crippen LogP contribution in [0.15, 0.2) is 18.2 Å². The van der Waals surface area contributed by atoms with Gasteiger partial charge in [0, 0.05) is 32.8 Å². The largest absolute Gasteiger partial charge is 0.573 e. The highest BCUT2D eigenvalue weighted by Crippen LogP contribution is 2.38. The van der Waals surface area contributed by atoms with Gasteiger partial charge in [-0.05, 0) is 43.9 Å². The van der Waals surface area contributed by atoms with Gasteiger partial charge in [-0.2, -0.15) is 0 Å². The number of halogens is 4. The monoisotopic (exact) mass is 364 g/mol. The first-order valence-electron chi connectivity index (χ1n) is 7.73. The van der Waals surface area contributed by atoms with E-state index in [9.17, 15) is 26.6 Å². The smallest absolute Gasteiger partial charge is 0.403 e. The van der Waals surface area contributed by atoms with Crippen LogP contribution in [0.5, 0.6) is 5.75 Å². The van der Waals surface area contributed by atoms with Gasteiger partial charge in [0.15, 0.2) is 17.3 Å². The molecule has 2 aliphatic heterocycles. The lowest BCUT2D eigenvalue weighted by Gasteiger charge is -2.37. The molecule has 0 spiro atoms. The third-order valence-electron chi connectivity index (χ3n) is 4.62. The van der Waals surface area contributed by atoms with E-state index in [2.05, 4.69) is 4.74 Å². The Bertz CT molecular complexity index is 658. The Morgan fingerprint density at radius 1 is 1.17 bits per heavy atom. The lowest BCUT2D eigenvalue weighted by atomic mass is 9.84. The molecule has 24 heavy (non-hydrogen) atoms. The summed E-state index contributed by atoms with van der Waals surface area (Å²) in [5, 5.41) is -0.0201. The van der Waals surface area contributed by atoms with E-state index in [0.29, 0.717) is 12.8 Å². The maximum absolute atomic E-state index is 13.8. The highest BCUT2D eigenvalue weighted by molar-refractivity contribution is 7.86. The van der Waals surface area contributed by atoms with Crippen LogP contribution in [-0.4, -0.2) is 26.9 Å². The number of Topliss-reactive ketones (excluding diaryl/α,β-unsaturated/α-hetero) is 1. The number of carbonyl (C=O) groups excluding carboxylic acids is 1. The first kappa shape index (κ1) is 17.4. The molecule has 2 bridgehead atoms. The summed E-state index contributed by atoms with van der Waals surface area (Å²) in [5.74, 6) is -2.84. The molecule has 0 amide bonds. The molecular formula is C16H16F4O3S. The van der Waals surface area contributed by atoms with Crippen molar-refractivity contribution in [3.8, 4) is 5.75 Å². The third-order valence-corrected chi connectivity index (χ3v) is 6.79. The van der Waals surface area contributed by atoms with Gasteiger partial charge in [0.25, 0.3) is 0 Å². The van der Waals surface area contributed by atoms with Crippen LogP contribution in [0.25, 0.3) is 0 Å². The van der Waals surface area contributed by atoms with Crippen LogP contribution in [0, 0.1) is 11.7 Å². The molecular weight excluding hydrogens is 348 g/mol. The molecule has 8 heteroatoms. The van der Waals surface area contributed by atoms with Crippen molar-refractivity contribution in [1.29, 1.82) is 0 Å². The molecule has 3 nitrogen and oxygen atoms in total. The van der Waals surface area contributed by atoms with E-state index in [4.69, 9.17) is 0 Å². The summed E-state index contributed by atoms with van der Waals surface area (Å²) in [6.07, 6.45) is -1.37. The molecule has 2 saturated heterocycles. The Hall–Kier alpha value is -1.44. The molecule has 0 saturated carbocycles. The Morgan fingerprint density at radius 2 is 1.79 bits per heavy atom. The fourth-order valence-corrected chi connectivity index (χ4v) is 5.73. The van der Waals surface area contributed by atoms with E-state index in [0.717, 1.165) is 37.5 Å². The lowest BCUT2D eigenvalue weighted by Crippen LogP contribution is -2.41. The van der Waals surface area contributed by atoms with Gasteiger partial charge in [-0.15, -0.1) is 13.2 Å². The highest BCUT2D eigenvalue weighted by atomic mass is 32.2. The Morgan fingerprint density at radius 3 is 2.33 bits per heavy atom. The van der Waals surface area contributed by atoms with E-state index in [1.807, 2.05) is 0 Å². The van der Waals surface area contributed by atoms with E-state index in [1.54, 1.807) is 0 Å². The molecule has 3 rings (SSSR count). The summed E-state index contributed by atoms with van der Waals surface area (Å²) in [6.45, 7) is 0. The molecule has 2 atom stereocenters. The zero-order chi connectivity index (χ0) is 17.5. The zero-order valence-electron chi connectivity index (χ0n) is 12.6. The number of fused-ring (bicyclic) bond motifs is 2. The SMILES string of the molecule is O=C(c1ccc(OC(F)(F)F)c(F)c1)C1CC2CCCC(C1)S2=O. The van der Waals surface area contributed by atoms with E-state index >= 15 is 0 Å². The van der Waals surface area contributed by atoms with Gasteiger partial charge < -0.3 is 4.74 Å². The van der Waals surface area contributed by atoms with Gasteiger partial charge in [-0.1, -0.05) is 6.42 Å². The van der Waals surface area contributed by atoms with Crippen molar-refractivity contribution in [3.63, 3.8) is 0 Å². The van der Waals surface area contributed by atoms with Gasteiger partial charge in [-0.25, -0.2) is 4.39 Å². The number of rotatable bonds is 3. The van der Waals surface area contributed by atoms with Crippen LogP contribution in [0.3, 0.4) is 0 Å². The van der Waals surface area contributed by atoms with E-state index < -0.39 is 28.7 Å². The molecule has 2 heterocycles. The maximum atomic E-state index is 13.8. The average Bonchev–Trinajstić information content (AvgIpc) is 2.47. The molecule has 0 aromatic heterocycles. The van der Waals surface area contributed by atoms with Gasteiger partial charge >= 0.3 is 6.36 Å². The minimum Gasteiger partial charge on any atom is -0.403 e. The number of hydrogen-bond donors (Lipinski definition) is 0. The summed E-state index contributed by atoms with van der Waals surface area (Å²) in [7, 11) is -0.920. The van der Waals surface area contributed by atoms with Crippen LogP contribution in [0.4, 0.5) is 17.6 Å². The predicted octanol–water partition coefficient (Wildman–Crippen LogP) is 3.99. The molecule has 2 fully saturated rings. The second-order valence-corrected chi connectivity index (χ2v) is 8.22.